The van der Waals surface area contributed by atoms with Gasteiger partial charge in [0.15, 0.2) is 11.5 Å². The lowest BCUT2D eigenvalue weighted by Gasteiger charge is -2.21. The average Bonchev–Trinajstić information content (AvgIpc) is 3.42. The van der Waals surface area contributed by atoms with Gasteiger partial charge >= 0.3 is 5.97 Å². The van der Waals surface area contributed by atoms with E-state index < -0.39 is 11.4 Å². The number of carboxylic acid groups (broad SMARTS) is 1. The Morgan fingerprint density at radius 2 is 2.15 bits per heavy atom. The number of carboxylic acids is 1. The molecule has 8 nitrogen and oxygen atoms in total. The average molecular weight is 388 g/mol. The van der Waals surface area contributed by atoms with Crippen molar-refractivity contribution >= 4 is 23.2 Å². The molecule has 0 unspecified atom stereocenters. The third-order valence-corrected chi connectivity index (χ3v) is 6.32. The predicted octanol–water partition coefficient (Wildman–Crippen LogP) is 1.71. The molecule has 1 aromatic heterocycles. The van der Waals surface area contributed by atoms with Gasteiger partial charge in [-0.25, -0.2) is 4.98 Å². The van der Waals surface area contributed by atoms with Crippen LogP contribution in [-0.2, 0) is 9.53 Å². The molecule has 0 aliphatic carbocycles. The maximum absolute atomic E-state index is 12.9. The van der Waals surface area contributed by atoms with Crippen LogP contribution in [0.4, 0.5) is 0 Å². The second-order valence-electron chi connectivity index (χ2n) is 6.96. The van der Waals surface area contributed by atoms with E-state index in [1.807, 2.05) is 18.2 Å². The Labute approximate surface area is 158 Å². The molecule has 0 radical (unpaired) electrons. The summed E-state index contributed by atoms with van der Waals surface area (Å²) in [6.07, 6.45) is 0. The molecule has 5 rings (SSSR count). The lowest BCUT2D eigenvalue weighted by atomic mass is 9.81. The minimum atomic E-state index is -0.994. The molecule has 0 bridgehead atoms. The molecule has 2 aromatic rings. The molecule has 2 fully saturated rings. The van der Waals surface area contributed by atoms with Crippen molar-refractivity contribution in [1.82, 2.24) is 9.88 Å². The summed E-state index contributed by atoms with van der Waals surface area (Å²) in [5.74, 6) is 0.0292. The monoisotopic (exact) mass is 388 g/mol. The topological polar surface area (TPSA) is 98.2 Å². The van der Waals surface area contributed by atoms with E-state index in [0.717, 1.165) is 5.56 Å². The third-order valence-electron chi connectivity index (χ3n) is 5.43. The first-order valence-corrected chi connectivity index (χ1v) is 9.41. The molecule has 27 heavy (non-hydrogen) atoms. The van der Waals surface area contributed by atoms with Crippen molar-refractivity contribution in [1.29, 1.82) is 0 Å². The largest absolute Gasteiger partial charge is 0.481 e. The SMILES string of the molecule is O=C(c1csc(-c2ccc3c(c2)OCO3)n1)N1C[C@@H]2COC[C@]2(C(=O)O)C1. The van der Waals surface area contributed by atoms with Crippen molar-refractivity contribution in [3.05, 3.63) is 29.3 Å². The van der Waals surface area contributed by atoms with Crippen LogP contribution in [0.5, 0.6) is 11.5 Å². The first kappa shape index (κ1) is 16.5. The Kier molecular flexibility index (Phi) is 3.63. The first-order chi connectivity index (χ1) is 13.1. The molecule has 140 valence electrons. The number of aliphatic carboxylic acids is 1. The smallest absolute Gasteiger partial charge is 0.314 e. The zero-order chi connectivity index (χ0) is 18.6. The maximum atomic E-state index is 12.9. The predicted molar refractivity (Wildman–Crippen MR) is 94.0 cm³/mol. The zero-order valence-corrected chi connectivity index (χ0v) is 15.0. The molecule has 4 heterocycles. The number of thiazole rings is 1. The number of hydrogen-bond donors (Lipinski definition) is 1. The van der Waals surface area contributed by atoms with E-state index in [2.05, 4.69) is 4.98 Å². The molecule has 3 aliphatic rings. The molecule has 1 N–H and O–H groups in total. The van der Waals surface area contributed by atoms with E-state index in [9.17, 15) is 14.7 Å². The third kappa shape index (κ3) is 2.49. The van der Waals surface area contributed by atoms with Crippen LogP contribution in [0.15, 0.2) is 23.6 Å². The number of nitrogens with zero attached hydrogens (tertiary/aromatic N) is 2. The molecule has 1 aromatic carbocycles. The second kappa shape index (κ2) is 5.93. The van der Waals surface area contributed by atoms with Crippen LogP contribution in [0.3, 0.4) is 0 Å². The summed E-state index contributed by atoms with van der Waals surface area (Å²) in [6.45, 7) is 1.25. The van der Waals surface area contributed by atoms with Crippen molar-refractivity contribution in [2.45, 2.75) is 0 Å². The number of benzene rings is 1. The minimum Gasteiger partial charge on any atom is -0.481 e. The van der Waals surface area contributed by atoms with Gasteiger partial charge in [-0.3, -0.25) is 9.59 Å². The summed E-state index contributed by atoms with van der Waals surface area (Å²) in [6, 6.07) is 5.53. The highest BCUT2D eigenvalue weighted by atomic mass is 32.1. The van der Waals surface area contributed by atoms with Crippen molar-refractivity contribution in [3.63, 3.8) is 0 Å². The number of fused-ring (bicyclic) bond motifs is 2. The number of carbonyl (C=O) groups excluding carboxylic acids is 1. The van der Waals surface area contributed by atoms with Gasteiger partial charge in [-0.2, -0.15) is 0 Å². The number of aromatic nitrogens is 1. The summed E-state index contributed by atoms with van der Waals surface area (Å²) in [4.78, 5) is 30.7. The Balaban J connectivity index is 1.37. The highest BCUT2D eigenvalue weighted by Crippen LogP contribution is 2.42. The fourth-order valence-corrected chi connectivity index (χ4v) is 4.68. The Morgan fingerprint density at radius 3 is 2.96 bits per heavy atom. The van der Waals surface area contributed by atoms with Crippen molar-refractivity contribution in [3.8, 4) is 22.1 Å². The normalized spacial score (nSPS) is 25.6. The van der Waals surface area contributed by atoms with Gasteiger partial charge in [-0.15, -0.1) is 11.3 Å². The Morgan fingerprint density at radius 1 is 1.30 bits per heavy atom. The van der Waals surface area contributed by atoms with Gasteiger partial charge in [-0.1, -0.05) is 0 Å². The van der Waals surface area contributed by atoms with Gasteiger partial charge in [0.2, 0.25) is 6.79 Å². The molecule has 0 spiro atoms. The van der Waals surface area contributed by atoms with Gasteiger partial charge in [0.05, 0.1) is 13.2 Å². The molecule has 0 saturated carbocycles. The van der Waals surface area contributed by atoms with E-state index in [1.165, 1.54) is 11.3 Å². The summed E-state index contributed by atoms with van der Waals surface area (Å²) >= 11 is 1.37. The maximum Gasteiger partial charge on any atom is 0.314 e. The van der Waals surface area contributed by atoms with Crippen molar-refractivity contribution < 1.29 is 28.9 Å². The number of hydrogen-bond acceptors (Lipinski definition) is 7. The number of carbonyl (C=O) groups is 2. The number of amides is 1. The van der Waals surface area contributed by atoms with Gasteiger partial charge < -0.3 is 24.2 Å². The summed E-state index contributed by atoms with van der Waals surface area (Å²) < 4.78 is 16.0. The number of ether oxygens (including phenoxy) is 3. The van der Waals surface area contributed by atoms with Crippen LogP contribution in [0.25, 0.3) is 10.6 Å². The van der Waals surface area contributed by atoms with Crippen molar-refractivity contribution in [2.75, 3.05) is 33.1 Å². The van der Waals surface area contributed by atoms with Crippen molar-refractivity contribution in [2.24, 2.45) is 11.3 Å². The Bertz CT molecular complexity index is 944. The zero-order valence-electron chi connectivity index (χ0n) is 14.2. The number of rotatable bonds is 3. The summed E-state index contributed by atoms with van der Waals surface area (Å²) in [5.41, 5.74) is 0.178. The van der Waals surface area contributed by atoms with E-state index in [-0.39, 0.29) is 31.8 Å². The van der Waals surface area contributed by atoms with E-state index in [4.69, 9.17) is 14.2 Å². The highest BCUT2D eigenvalue weighted by Gasteiger charge is 2.57. The molecule has 2 atom stereocenters. The lowest BCUT2D eigenvalue weighted by Crippen LogP contribution is -2.40. The van der Waals surface area contributed by atoms with Crippen LogP contribution < -0.4 is 9.47 Å². The molecular weight excluding hydrogens is 372 g/mol. The highest BCUT2D eigenvalue weighted by molar-refractivity contribution is 7.13. The van der Waals surface area contributed by atoms with Crippen LogP contribution in [0.1, 0.15) is 10.5 Å². The quantitative estimate of drug-likeness (QED) is 0.855. The van der Waals surface area contributed by atoms with Gasteiger partial charge in [0.25, 0.3) is 5.91 Å². The van der Waals surface area contributed by atoms with E-state index in [1.54, 1.807) is 10.3 Å². The van der Waals surface area contributed by atoms with Crippen LogP contribution >= 0.6 is 11.3 Å². The summed E-state index contributed by atoms with van der Waals surface area (Å²) in [7, 11) is 0. The van der Waals surface area contributed by atoms with E-state index in [0.29, 0.717) is 35.4 Å². The number of likely N-dealkylation sites (tertiary alicyclic amines) is 1. The van der Waals surface area contributed by atoms with Gasteiger partial charge in [-0.05, 0) is 18.2 Å². The first-order valence-electron chi connectivity index (χ1n) is 8.53. The molecular formula is C18H16N2O6S. The minimum absolute atomic E-state index is 0.149. The molecule has 2 saturated heterocycles. The molecule has 1 amide bonds. The van der Waals surface area contributed by atoms with E-state index >= 15 is 0 Å². The molecule has 9 heteroatoms. The van der Waals surface area contributed by atoms with Crippen LogP contribution in [-0.4, -0.2) is 60.0 Å². The van der Waals surface area contributed by atoms with Crippen LogP contribution in [0, 0.1) is 11.3 Å². The van der Waals surface area contributed by atoms with Gasteiger partial charge in [0, 0.05) is 30.0 Å². The second-order valence-corrected chi connectivity index (χ2v) is 7.82. The lowest BCUT2D eigenvalue weighted by molar-refractivity contribution is -0.149. The van der Waals surface area contributed by atoms with Crippen LogP contribution in [0.2, 0.25) is 0 Å². The summed E-state index contributed by atoms with van der Waals surface area (Å²) in [5, 5.41) is 12.0. The standard InChI is InChI=1S/C18H16N2O6S/c21-16(20-4-11-5-24-8-18(11,7-20)17(22)23)12-6-27-15(19-12)10-1-2-13-14(3-10)26-9-25-13/h1-3,6,11H,4-5,7-9H2,(H,22,23)/t11-,18-/m1/s1. The molecule has 3 aliphatic heterocycles. The van der Waals surface area contributed by atoms with Gasteiger partial charge in [0.1, 0.15) is 16.1 Å². The Hall–Kier alpha value is -2.65. The fraction of sp³-hybridized carbons (Fsp3) is 0.389. The fourth-order valence-electron chi connectivity index (χ4n) is 3.89.